The van der Waals surface area contributed by atoms with Crippen molar-refractivity contribution in [2.75, 3.05) is 11.9 Å². The molecule has 0 radical (unpaired) electrons. The van der Waals surface area contributed by atoms with E-state index in [9.17, 15) is 0 Å². The van der Waals surface area contributed by atoms with Gasteiger partial charge in [-0.1, -0.05) is 23.7 Å². The fourth-order valence-electron chi connectivity index (χ4n) is 2.83. The van der Waals surface area contributed by atoms with E-state index in [1.54, 1.807) is 6.07 Å². The Kier molecular flexibility index (Phi) is 4.76. The molecule has 0 unspecified atom stereocenters. The molecule has 5 heteroatoms. The zero-order chi connectivity index (χ0) is 14.7. The first-order valence-corrected chi connectivity index (χ1v) is 7.41. The van der Waals surface area contributed by atoms with Gasteiger partial charge in [-0.25, -0.2) is 0 Å². The topological polar surface area (TPSA) is 61.8 Å². The lowest BCUT2D eigenvalue weighted by molar-refractivity contribution is 0.318. The highest BCUT2D eigenvalue weighted by Gasteiger charge is 2.22. The quantitative estimate of drug-likeness (QED) is 0.388. The van der Waals surface area contributed by atoms with Crippen LogP contribution in [0.15, 0.2) is 23.4 Å². The first kappa shape index (κ1) is 15.0. The Bertz CT molecular complexity index is 496. The molecule has 110 valence electrons. The number of amidine groups is 1. The van der Waals surface area contributed by atoms with Crippen LogP contribution in [0.1, 0.15) is 38.2 Å². The third kappa shape index (κ3) is 3.18. The summed E-state index contributed by atoms with van der Waals surface area (Å²) in [6.45, 7) is 2.32. The minimum Gasteiger partial charge on any atom is -0.409 e. The number of rotatable bonds is 3. The van der Waals surface area contributed by atoms with E-state index in [2.05, 4.69) is 24.0 Å². The molecule has 1 fully saturated rings. The van der Waals surface area contributed by atoms with Gasteiger partial charge < -0.3 is 15.8 Å². The maximum absolute atomic E-state index is 8.71. The highest BCUT2D eigenvalue weighted by molar-refractivity contribution is 6.34. The molecular weight excluding hydrogens is 274 g/mol. The van der Waals surface area contributed by atoms with Gasteiger partial charge in [-0.05, 0) is 49.8 Å². The van der Waals surface area contributed by atoms with E-state index >= 15 is 0 Å². The van der Waals surface area contributed by atoms with Crippen LogP contribution in [0.2, 0.25) is 5.02 Å². The van der Waals surface area contributed by atoms with Crippen LogP contribution in [0.4, 0.5) is 5.69 Å². The van der Waals surface area contributed by atoms with Crippen molar-refractivity contribution in [3.8, 4) is 0 Å². The molecule has 1 aromatic rings. The molecule has 0 bridgehead atoms. The zero-order valence-corrected chi connectivity index (χ0v) is 12.8. The van der Waals surface area contributed by atoms with Crippen LogP contribution < -0.4 is 10.6 Å². The molecule has 20 heavy (non-hydrogen) atoms. The Balaban J connectivity index is 2.15. The van der Waals surface area contributed by atoms with Gasteiger partial charge in [0, 0.05) is 24.3 Å². The smallest absolute Gasteiger partial charge is 0.171 e. The molecule has 1 aromatic carbocycles. The van der Waals surface area contributed by atoms with E-state index in [0.717, 1.165) is 11.6 Å². The zero-order valence-electron chi connectivity index (χ0n) is 12.0. The van der Waals surface area contributed by atoms with E-state index in [0.29, 0.717) is 16.6 Å². The Morgan fingerprint density at radius 1 is 1.35 bits per heavy atom. The molecule has 0 heterocycles. The molecule has 0 aliphatic heterocycles. The first-order chi connectivity index (χ1) is 9.52. The van der Waals surface area contributed by atoms with Crippen LogP contribution in [0, 0.1) is 5.92 Å². The van der Waals surface area contributed by atoms with Gasteiger partial charge in [-0.15, -0.1) is 0 Å². The van der Waals surface area contributed by atoms with E-state index in [1.165, 1.54) is 25.7 Å². The van der Waals surface area contributed by atoms with Crippen molar-refractivity contribution in [1.82, 2.24) is 0 Å². The van der Waals surface area contributed by atoms with Crippen LogP contribution in [-0.4, -0.2) is 24.1 Å². The number of hydrogen-bond donors (Lipinski definition) is 2. The molecule has 0 spiro atoms. The van der Waals surface area contributed by atoms with Gasteiger partial charge >= 0.3 is 0 Å². The second-order valence-corrected chi connectivity index (χ2v) is 6.08. The highest BCUT2D eigenvalue weighted by Crippen LogP contribution is 2.31. The Morgan fingerprint density at radius 2 is 2.00 bits per heavy atom. The molecular formula is C15H22ClN3O. The molecule has 1 saturated carbocycles. The molecule has 4 nitrogen and oxygen atoms in total. The summed E-state index contributed by atoms with van der Waals surface area (Å²) in [5.74, 6) is 0.877. The van der Waals surface area contributed by atoms with Crippen molar-refractivity contribution in [3.05, 3.63) is 28.8 Å². The molecule has 1 aliphatic rings. The first-order valence-electron chi connectivity index (χ1n) is 7.03. The molecule has 0 aromatic heterocycles. The molecule has 1 aliphatic carbocycles. The number of nitrogens with zero attached hydrogens (tertiary/aromatic N) is 2. The van der Waals surface area contributed by atoms with Crippen LogP contribution >= 0.6 is 11.6 Å². The number of nitrogens with two attached hydrogens (primary N) is 1. The second kappa shape index (κ2) is 6.35. The Hall–Kier alpha value is -1.42. The molecule has 0 saturated heterocycles. The van der Waals surface area contributed by atoms with E-state index in [4.69, 9.17) is 22.5 Å². The van der Waals surface area contributed by atoms with Crippen LogP contribution in [0.25, 0.3) is 0 Å². The monoisotopic (exact) mass is 295 g/mol. The predicted molar refractivity (Wildman–Crippen MR) is 83.8 cm³/mol. The van der Waals surface area contributed by atoms with Crippen molar-refractivity contribution in [2.45, 2.75) is 38.6 Å². The third-order valence-electron chi connectivity index (χ3n) is 4.28. The summed E-state index contributed by atoms with van der Waals surface area (Å²) in [4.78, 5) is 2.29. The summed E-state index contributed by atoms with van der Waals surface area (Å²) in [7, 11) is 2.11. The minimum atomic E-state index is 0.0377. The number of halogens is 1. The lowest BCUT2D eigenvalue weighted by Gasteiger charge is -2.35. The largest absolute Gasteiger partial charge is 0.409 e. The molecule has 0 atom stereocenters. The second-order valence-electron chi connectivity index (χ2n) is 5.67. The number of anilines is 1. The predicted octanol–water partition coefficient (Wildman–Crippen LogP) is 3.45. The lowest BCUT2D eigenvalue weighted by Crippen LogP contribution is -2.34. The SMILES string of the molecule is CC1CCC(N(C)c2ccc(C(N)=NO)c(Cl)c2)CC1. The van der Waals surface area contributed by atoms with Crippen LogP contribution in [-0.2, 0) is 0 Å². The van der Waals surface area contributed by atoms with E-state index < -0.39 is 0 Å². The summed E-state index contributed by atoms with van der Waals surface area (Å²) in [5.41, 5.74) is 7.21. The van der Waals surface area contributed by atoms with Gasteiger partial charge in [-0.2, -0.15) is 0 Å². The van der Waals surface area contributed by atoms with Crippen LogP contribution in [0.5, 0.6) is 0 Å². The number of hydrogen-bond acceptors (Lipinski definition) is 3. The van der Waals surface area contributed by atoms with Crippen LogP contribution in [0.3, 0.4) is 0 Å². The Labute approximate surface area is 125 Å². The van der Waals surface area contributed by atoms with Gasteiger partial charge in [-0.3, -0.25) is 0 Å². The van der Waals surface area contributed by atoms with Gasteiger partial charge in [0.05, 0.1) is 5.02 Å². The summed E-state index contributed by atoms with van der Waals surface area (Å²) >= 11 is 6.21. The van der Waals surface area contributed by atoms with Crippen molar-refractivity contribution >= 4 is 23.1 Å². The third-order valence-corrected chi connectivity index (χ3v) is 4.59. The van der Waals surface area contributed by atoms with Crippen molar-refractivity contribution in [1.29, 1.82) is 0 Å². The van der Waals surface area contributed by atoms with Gasteiger partial charge in [0.25, 0.3) is 0 Å². The van der Waals surface area contributed by atoms with Gasteiger partial charge in [0.2, 0.25) is 0 Å². The maximum atomic E-state index is 8.71. The molecule has 0 amide bonds. The summed E-state index contributed by atoms with van der Waals surface area (Å²) in [6.07, 6.45) is 5.00. The average Bonchev–Trinajstić information content (AvgIpc) is 2.46. The fourth-order valence-corrected chi connectivity index (χ4v) is 3.10. The maximum Gasteiger partial charge on any atom is 0.171 e. The lowest BCUT2D eigenvalue weighted by atomic mass is 9.86. The molecule has 2 rings (SSSR count). The summed E-state index contributed by atoms with van der Waals surface area (Å²) in [5, 5.41) is 12.2. The van der Waals surface area contributed by atoms with Crippen molar-refractivity contribution in [2.24, 2.45) is 16.8 Å². The minimum absolute atomic E-state index is 0.0377. The van der Waals surface area contributed by atoms with E-state index in [1.807, 2.05) is 12.1 Å². The molecule has 3 N–H and O–H groups in total. The van der Waals surface area contributed by atoms with Gasteiger partial charge in [0.1, 0.15) is 0 Å². The number of oxime groups is 1. The normalized spacial score (nSPS) is 23.6. The van der Waals surface area contributed by atoms with Crippen molar-refractivity contribution < 1.29 is 5.21 Å². The average molecular weight is 296 g/mol. The Morgan fingerprint density at radius 3 is 2.55 bits per heavy atom. The summed E-state index contributed by atoms with van der Waals surface area (Å²) in [6, 6.07) is 6.22. The van der Waals surface area contributed by atoms with E-state index in [-0.39, 0.29) is 5.84 Å². The fraction of sp³-hybridized carbons (Fsp3) is 0.533. The number of benzene rings is 1. The summed E-state index contributed by atoms with van der Waals surface area (Å²) < 4.78 is 0. The van der Waals surface area contributed by atoms with Gasteiger partial charge in [0.15, 0.2) is 5.84 Å². The highest BCUT2D eigenvalue weighted by atomic mass is 35.5. The standard InChI is InChI=1S/C15H22ClN3O/c1-10-3-5-11(6-4-10)19(2)12-7-8-13(14(16)9-12)15(17)18-20/h7-11,20H,3-6H2,1-2H3,(H2,17,18). The van der Waals surface area contributed by atoms with Crippen molar-refractivity contribution in [3.63, 3.8) is 0 Å².